The van der Waals surface area contributed by atoms with Crippen LogP contribution in [0.3, 0.4) is 0 Å². The van der Waals surface area contributed by atoms with Crippen LogP contribution in [0.15, 0.2) is 30.3 Å². The second-order valence-corrected chi connectivity index (χ2v) is 3.13. The molecular formula is C11H15NO3. The van der Waals surface area contributed by atoms with Crippen molar-refractivity contribution in [3.05, 3.63) is 35.9 Å². The van der Waals surface area contributed by atoms with Crippen molar-refractivity contribution in [2.24, 2.45) is 5.73 Å². The number of esters is 1. The second-order valence-electron chi connectivity index (χ2n) is 3.13. The summed E-state index contributed by atoms with van der Waals surface area (Å²) >= 11 is 0. The zero-order valence-electron chi connectivity index (χ0n) is 8.59. The van der Waals surface area contributed by atoms with E-state index < -0.39 is 18.1 Å². The van der Waals surface area contributed by atoms with Gasteiger partial charge in [-0.15, -0.1) is 0 Å². The highest BCUT2D eigenvalue weighted by Gasteiger charge is 2.24. The molecule has 4 heteroatoms. The molecule has 2 atom stereocenters. The van der Waals surface area contributed by atoms with Crippen molar-refractivity contribution >= 4 is 5.97 Å². The molecule has 0 unspecified atom stereocenters. The van der Waals surface area contributed by atoms with Gasteiger partial charge in [0, 0.05) is 0 Å². The van der Waals surface area contributed by atoms with E-state index in [9.17, 15) is 9.90 Å². The Morgan fingerprint density at radius 2 is 2.07 bits per heavy atom. The van der Waals surface area contributed by atoms with Crippen LogP contribution in [0.2, 0.25) is 0 Å². The Balaban J connectivity index is 2.68. The Morgan fingerprint density at radius 1 is 1.47 bits per heavy atom. The minimum Gasteiger partial charge on any atom is -0.465 e. The first-order chi connectivity index (χ1) is 7.16. The molecule has 0 saturated carbocycles. The summed E-state index contributed by atoms with van der Waals surface area (Å²) in [6.45, 7) is 1.95. The maximum Gasteiger partial charge on any atom is 0.325 e. The second kappa shape index (κ2) is 5.48. The molecular weight excluding hydrogens is 194 g/mol. The third-order valence-electron chi connectivity index (χ3n) is 2.04. The van der Waals surface area contributed by atoms with E-state index in [1.165, 1.54) is 0 Å². The predicted octanol–water partition coefficient (Wildman–Crippen LogP) is 0.610. The van der Waals surface area contributed by atoms with Crippen molar-refractivity contribution in [2.45, 2.75) is 19.1 Å². The molecule has 0 amide bonds. The van der Waals surface area contributed by atoms with E-state index in [-0.39, 0.29) is 6.61 Å². The van der Waals surface area contributed by atoms with Gasteiger partial charge in [0.1, 0.15) is 12.1 Å². The van der Waals surface area contributed by atoms with Crippen LogP contribution < -0.4 is 5.73 Å². The first-order valence-electron chi connectivity index (χ1n) is 4.82. The van der Waals surface area contributed by atoms with Gasteiger partial charge in [-0.3, -0.25) is 4.79 Å². The fourth-order valence-electron chi connectivity index (χ4n) is 1.22. The topological polar surface area (TPSA) is 72.5 Å². The SMILES string of the molecule is CCOC(=O)[C@@H](N)[C@@H](O)c1ccccc1. The average Bonchev–Trinajstić information content (AvgIpc) is 2.28. The molecule has 1 aromatic carbocycles. The van der Waals surface area contributed by atoms with Crippen molar-refractivity contribution in [3.63, 3.8) is 0 Å². The van der Waals surface area contributed by atoms with Gasteiger partial charge in [0.2, 0.25) is 0 Å². The first-order valence-corrected chi connectivity index (χ1v) is 4.82. The molecule has 4 nitrogen and oxygen atoms in total. The Kier molecular flexibility index (Phi) is 4.27. The van der Waals surface area contributed by atoms with Gasteiger partial charge in [-0.2, -0.15) is 0 Å². The highest BCUT2D eigenvalue weighted by Crippen LogP contribution is 2.15. The van der Waals surface area contributed by atoms with Gasteiger partial charge < -0.3 is 15.6 Å². The summed E-state index contributed by atoms with van der Waals surface area (Å²) in [7, 11) is 0. The number of carbonyl (C=O) groups is 1. The van der Waals surface area contributed by atoms with E-state index in [1.54, 1.807) is 31.2 Å². The number of nitrogens with two attached hydrogens (primary N) is 1. The molecule has 1 rings (SSSR count). The van der Waals surface area contributed by atoms with E-state index in [1.807, 2.05) is 6.07 Å². The smallest absolute Gasteiger partial charge is 0.325 e. The fourth-order valence-corrected chi connectivity index (χ4v) is 1.22. The minimum atomic E-state index is -1.03. The Hall–Kier alpha value is -1.39. The summed E-state index contributed by atoms with van der Waals surface area (Å²) in [6, 6.07) is 7.76. The summed E-state index contributed by atoms with van der Waals surface area (Å²) in [4.78, 5) is 11.3. The molecule has 0 heterocycles. The number of hydrogen-bond donors (Lipinski definition) is 2. The number of ether oxygens (including phenoxy) is 1. The van der Waals surface area contributed by atoms with Crippen LogP contribution in [0.5, 0.6) is 0 Å². The maximum absolute atomic E-state index is 11.3. The maximum atomic E-state index is 11.3. The van der Waals surface area contributed by atoms with Gasteiger partial charge in [0.05, 0.1) is 6.61 Å². The molecule has 0 radical (unpaired) electrons. The summed E-state index contributed by atoms with van der Waals surface area (Å²) < 4.78 is 4.72. The normalized spacial score (nSPS) is 14.3. The minimum absolute atomic E-state index is 0.258. The van der Waals surface area contributed by atoms with Gasteiger partial charge in [0.25, 0.3) is 0 Å². The standard InChI is InChI=1S/C11H15NO3/c1-2-15-11(14)9(12)10(13)8-6-4-3-5-7-8/h3-7,9-10,13H,2,12H2,1H3/t9-,10-/m0/s1. The lowest BCUT2D eigenvalue weighted by atomic mass is 10.0. The number of hydrogen-bond acceptors (Lipinski definition) is 4. The Morgan fingerprint density at radius 3 is 2.60 bits per heavy atom. The predicted molar refractivity (Wildman–Crippen MR) is 56.0 cm³/mol. The average molecular weight is 209 g/mol. The molecule has 0 aromatic heterocycles. The largest absolute Gasteiger partial charge is 0.465 e. The summed E-state index contributed by atoms with van der Waals surface area (Å²) in [5, 5.41) is 9.76. The number of carbonyl (C=O) groups excluding carboxylic acids is 1. The molecule has 0 aliphatic rings. The van der Waals surface area contributed by atoms with Gasteiger partial charge in [-0.25, -0.2) is 0 Å². The molecule has 15 heavy (non-hydrogen) atoms. The van der Waals surface area contributed by atoms with E-state index >= 15 is 0 Å². The summed E-state index contributed by atoms with van der Waals surface area (Å²) in [5.41, 5.74) is 6.16. The van der Waals surface area contributed by atoms with Gasteiger partial charge in [-0.05, 0) is 12.5 Å². The van der Waals surface area contributed by atoms with Crippen LogP contribution in [0.4, 0.5) is 0 Å². The van der Waals surface area contributed by atoms with Gasteiger partial charge in [-0.1, -0.05) is 30.3 Å². The van der Waals surface area contributed by atoms with Crippen molar-refractivity contribution in [2.75, 3.05) is 6.61 Å². The first kappa shape index (κ1) is 11.7. The summed E-state index contributed by atoms with van der Waals surface area (Å²) in [6.07, 6.45) is -1.02. The Labute approximate surface area is 88.7 Å². The lowest BCUT2D eigenvalue weighted by Crippen LogP contribution is -2.38. The zero-order chi connectivity index (χ0) is 11.3. The quantitative estimate of drug-likeness (QED) is 0.713. The van der Waals surface area contributed by atoms with E-state index in [2.05, 4.69) is 0 Å². The van der Waals surface area contributed by atoms with Crippen molar-refractivity contribution in [1.82, 2.24) is 0 Å². The lowest BCUT2D eigenvalue weighted by Gasteiger charge is -2.17. The van der Waals surface area contributed by atoms with Crippen LogP contribution in [0.1, 0.15) is 18.6 Å². The van der Waals surface area contributed by atoms with Crippen LogP contribution in [-0.4, -0.2) is 23.7 Å². The number of rotatable bonds is 4. The molecule has 0 saturated heterocycles. The third-order valence-corrected chi connectivity index (χ3v) is 2.04. The fraction of sp³-hybridized carbons (Fsp3) is 0.364. The van der Waals surface area contributed by atoms with Crippen molar-refractivity contribution in [3.8, 4) is 0 Å². The van der Waals surface area contributed by atoms with E-state index in [0.717, 1.165) is 0 Å². The number of aliphatic hydroxyl groups is 1. The molecule has 0 spiro atoms. The van der Waals surface area contributed by atoms with Crippen LogP contribution >= 0.6 is 0 Å². The molecule has 0 fully saturated rings. The van der Waals surface area contributed by atoms with Crippen LogP contribution in [-0.2, 0) is 9.53 Å². The zero-order valence-corrected chi connectivity index (χ0v) is 8.59. The monoisotopic (exact) mass is 209 g/mol. The molecule has 0 aliphatic heterocycles. The number of benzene rings is 1. The van der Waals surface area contributed by atoms with E-state index in [4.69, 9.17) is 10.5 Å². The molecule has 0 bridgehead atoms. The van der Waals surface area contributed by atoms with Gasteiger partial charge in [0.15, 0.2) is 0 Å². The summed E-state index contributed by atoms with van der Waals surface area (Å²) in [5.74, 6) is -0.589. The Bertz CT molecular complexity index is 313. The van der Waals surface area contributed by atoms with Gasteiger partial charge >= 0.3 is 5.97 Å². The van der Waals surface area contributed by atoms with Crippen molar-refractivity contribution in [1.29, 1.82) is 0 Å². The molecule has 0 aliphatic carbocycles. The molecule has 1 aromatic rings. The van der Waals surface area contributed by atoms with Crippen LogP contribution in [0.25, 0.3) is 0 Å². The van der Waals surface area contributed by atoms with Crippen molar-refractivity contribution < 1.29 is 14.6 Å². The van der Waals surface area contributed by atoms with Crippen LogP contribution in [0, 0.1) is 0 Å². The highest BCUT2D eigenvalue weighted by molar-refractivity contribution is 5.76. The van der Waals surface area contributed by atoms with E-state index in [0.29, 0.717) is 5.56 Å². The highest BCUT2D eigenvalue weighted by atomic mass is 16.5. The lowest BCUT2D eigenvalue weighted by molar-refractivity contribution is -0.147. The molecule has 3 N–H and O–H groups in total. The third kappa shape index (κ3) is 3.04. The number of aliphatic hydroxyl groups excluding tert-OH is 1. The molecule has 82 valence electrons.